The van der Waals surface area contributed by atoms with Crippen molar-refractivity contribution in [2.45, 2.75) is 13.5 Å². The van der Waals surface area contributed by atoms with E-state index < -0.39 is 0 Å². The van der Waals surface area contributed by atoms with E-state index in [9.17, 15) is 0 Å². The SMILES string of the molecule is COc1cc(Cn2ccc(C)n2)cc2onc(N)c12. The van der Waals surface area contributed by atoms with Crippen LogP contribution in [0.4, 0.5) is 5.82 Å². The average Bonchev–Trinajstić information content (AvgIpc) is 2.96. The van der Waals surface area contributed by atoms with E-state index in [1.165, 1.54) is 0 Å². The zero-order valence-corrected chi connectivity index (χ0v) is 10.8. The van der Waals surface area contributed by atoms with Crippen LogP contribution in [0.5, 0.6) is 5.75 Å². The molecule has 19 heavy (non-hydrogen) atoms. The second-order valence-corrected chi connectivity index (χ2v) is 4.39. The number of hydrogen-bond donors (Lipinski definition) is 1. The number of rotatable bonds is 3. The van der Waals surface area contributed by atoms with Crippen molar-refractivity contribution >= 4 is 16.8 Å². The molecule has 0 bridgehead atoms. The number of hydrogen-bond acceptors (Lipinski definition) is 5. The molecule has 3 aromatic rings. The number of aromatic nitrogens is 3. The van der Waals surface area contributed by atoms with Crippen molar-refractivity contribution < 1.29 is 9.26 Å². The first-order valence-corrected chi connectivity index (χ1v) is 5.89. The largest absolute Gasteiger partial charge is 0.496 e. The van der Waals surface area contributed by atoms with E-state index in [2.05, 4.69) is 10.3 Å². The Morgan fingerprint density at radius 3 is 2.95 bits per heavy atom. The summed E-state index contributed by atoms with van der Waals surface area (Å²) >= 11 is 0. The summed E-state index contributed by atoms with van der Waals surface area (Å²) in [5, 5.41) is 8.82. The molecule has 0 atom stereocenters. The van der Waals surface area contributed by atoms with E-state index in [4.69, 9.17) is 15.0 Å². The maximum absolute atomic E-state index is 5.76. The van der Waals surface area contributed by atoms with E-state index in [1.54, 1.807) is 7.11 Å². The molecule has 2 heterocycles. The molecular weight excluding hydrogens is 244 g/mol. The van der Waals surface area contributed by atoms with Crippen molar-refractivity contribution in [3.8, 4) is 5.75 Å². The Labute approximate surface area is 109 Å². The Hall–Kier alpha value is -2.50. The van der Waals surface area contributed by atoms with Crippen LogP contribution in [0, 0.1) is 6.92 Å². The summed E-state index contributed by atoms with van der Waals surface area (Å²) in [6, 6.07) is 5.79. The predicted molar refractivity (Wildman–Crippen MR) is 71.0 cm³/mol. The topological polar surface area (TPSA) is 79.1 Å². The molecule has 1 aromatic carbocycles. The highest BCUT2D eigenvalue weighted by molar-refractivity contribution is 5.93. The number of fused-ring (bicyclic) bond motifs is 1. The lowest BCUT2D eigenvalue weighted by Gasteiger charge is -2.06. The van der Waals surface area contributed by atoms with Gasteiger partial charge in [-0.1, -0.05) is 5.16 Å². The number of methoxy groups -OCH3 is 1. The molecule has 3 rings (SSSR count). The van der Waals surface area contributed by atoms with Gasteiger partial charge in [-0.15, -0.1) is 0 Å². The molecule has 0 saturated carbocycles. The van der Waals surface area contributed by atoms with Crippen molar-refractivity contribution in [1.29, 1.82) is 0 Å². The monoisotopic (exact) mass is 258 g/mol. The summed E-state index contributed by atoms with van der Waals surface area (Å²) in [7, 11) is 1.60. The fraction of sp³-hybridized carbons (Fsp3) is 0.231. The van der Waals surface area contributed by atoms with Crippen LogP contribution < -0.4 is 10.5 Å². The van der Waals surface area contributed by atoms with Gasteiger partial charge in [0.1, 0.15) is 11.1 Å². The van der Waals surface area contributed by atoms with Crippen LogP contribution in [0.15, 0.2) is 28.9 Å². The average molecular weight is 258 g/mol. The van der Waals surface area contributed by atoms with Crippen molar-refractivity contribution in [3.63, 3.8) is 0 Å². The van der Waals surface area contributed by atoms with Crippen LogP contribution in [0.1, 0.15) is 11.3 Å². The zero-order chi connectivity index (χ0) is 13.4. The van der Waals surface area contributed by atoms with E-state index in [-0.39, 0.29) is 0 Å². The Morgan fingerprint density at radius 2 is 2.26 bits per heavy atom. The van der Waals surface area contributed by atoms with E-state index in [0.717, 1.165) is 11.3 Å². The summed E-state index contributed by atoms with van der Waals surface area (Å²) in [6.45, 7) is 2.60. The fourth-order valence-corrected chi connectivity index (χ4v) is 2.10. The Kier molecular flexibility index (Phi) is 2.63. The molecule has 0 spiro atoms. The summed E-state index contributed by atoms with van der Waals surface area (Å²) < 4.78 is 12.4. The lowest BCUT2D eigenvalue weighted by molar-refractivity contribution is 0.418. The highest BCUT2D eigenvalue weighted by atomic mass is 16.5. The first kappa shape index (κ1) is 11.6. The van der Waals surface area contributed by atoms with Gasteiger partial charge in [-0.25, -0.2) is 0 Å². The molecule has 6 nitrogen and oxygen atoms in total. The van der Waals surface area contributed by atoms with Gasteiger partial charge < -0.3 is 15.0 Å². The van der Waals surface area contributed by atoms with Gasteiger partial charge in [-0.05, 0) is 30.7 Å². The van der Waals surface area contributed by atoms with Gasteiger partial charge in [0.05, 0.1) is 19.3 Å². The van der Waals surface area contributed by atoms with Crippen molar-refractivity contribution in [2.24, 2.45) is 0 Å². The number of nitrogens with zero attached hydrogens (tertiary/aromatic N) is 3. The summed E-state index contributed by atoms with van der Waals surface area (Å²) in [5.74, 6) is 1.00. The lowest BCUT2D eigenvalue weighted by atomic mass is 10.1. The molecule has 0 amide bonds. The maximum atomic E-state index is 5.76. The quantitative estimate of drug-likeness (QED) is 0.777. The highest BCUT2D eigenvalue weighted by Crippen LogP contribution is 2.32. The molecule has 2 aromatic heterocycles. The van der Waals surface area contributed by atoms with Crippen molar-refractivity contribution in [2.75, 3.05) is 12.8 Å². The van der Waals surface area contributed by atoms with Gasteiger partial charge in [-0.2, -0.15) is 5.10 Å². The first-order chi connectivity index (χ1) is 9.17. The number of anilines is 1. The normalized spacial score (nSPS) is 11.1. The van der Waals surface area contributed by atoms with Crippen LogP contribution in [-0.2, 0) is 6.54 Å². The molecule has 98 valence electrons. The number of nitrogens with two attached hydrogens (primary N) is 1. The first-order valence-electron chi connectivity index (χ1n) is 5.89. The predicted octanol–water partition coefficient (Wildman–Crippen LogP) is 1.97. The van der Waals surface area contributed by atoms with E-state index in [1.807, 2.05) is 36.0 Å². The van der Waals surface area contributed by atoms with Gasteiger partial charge in [0, 0.05) is 6.20 Å². The fourth-order valence-electron chi connectivity index (χ4n) is 2.10. The van der Waals surface area contributed by atoms with Crippen molar-refractivity contribution in [1.82, 2.24) is 14.9 Å². The molecular formula is C13H14N4O2. The second kappa shape index (κ2) is 4.31. The van der Waals surface area contributed by atoms with Crippen LogP contribution in [0.3, 0.4) is 0 Å². The summed E-state index contributed by atoms with van der Waals surface area (Å²) in [5.41, 5.74) is 8.38. The molecule has 0 aliphatic heterocycles. The molecule has 0 fully saturated rings. The minimum Gasteiger partial charge on any atom is -0.496 e. The van der Waals surface area contributed by atoms with Crippen LogP contribution in [0.25, 0.3) is 11.0 Å². The van der Waals surface area contributed by atoms with E-state index in [0.29, 0.717) is 29.1 Å². The number of ether oxygens (including phenoxy) is 1. The van der Waals surface area contributed by atoms with Crippen LogP contribution >= 0.6 is 0 Å². The third kappa shape index (κ3) is 2.01. The third-order valence-electron chi connectivity index (χ3n) is 2.96. The second-order valence-electron chi connectivity index (χ2n) is 4.39. The smallest absolute Gasteiger partial charge is 0.178 e. The molecule has 2 N–H and O–H groups in total. The van der Waals surface area contributed by atoms with Gasteiger partial charge in [-0.3, -0.25) is 4.68 Å². The number of aryl methyl sites for hydroxylation is 1. The molecule has 0 aliphatic carbocycles. The highest BCUT2D eigenvalue weighted by Gasteiger charge is 2.13. The summed E-state index contributed by atoms with van der Waals surface area (Å²) in [6.07, 6.45) is 1.93. The summed E-state index contributed by atoms with van der Waals surface area (Å²) in [4.78, 5) is 0. The number of benzene rings is 1. The molecule has 0 saturated heterocycles. The van der Waals surface area contributed by atoms with Crippen molar-refractivity contribution in [3.05, 3.63) is 35.7 Å². The van der Waals surface area contributed by atoms with Gasteiger partial charge in [0.2, 0.25) is 0 Å². The Bertz CT molecular complexity index is 729. The van der Waals surface area contributed by atoms with Gasteiger partial charge in [0.25, 0.3) is 0 Å². The van der Waals surface area contributed by atoms with E-state index >= 15 is 0 Å². The molecule has 6 heteroatoms. The van der Waals surface area contributed by atoms with Crippen LogP contribution in [-0.4, -0.2) is 22.0 Å². The van der Waals surface area contributed by atoms with Crippen LogP contribution in [0.2, 0.25) is 0 Å². The molecule has 0 radical (unpaired) electrons. The molecule has 0 aliphatic rings. The minimum absolute atomic E-state index is 0.341. The van der Waals surface area contributed by atoms with Gasteiger partial charge in [0.15, 0.2) is 11.4 Å². The molecule has 0 unspecified atom stereocenters. The standard InChI is InChI=1S/C13H14N4O2/c1-8-3-4-17(15-8)7-9-5-10(18-2)12-11(6-9)19-16-13(12)14/h3-6H,7H2,1-2H3,(H2,14,16). The Balaban J connectivity index is 2.04. The zero-order valence-electron chi connectivity index (χ0n) is 10.8. The van der Waals surface area contributed by atoms with Gasteiger partial charge >= 0.3 is 0 Å². The Morgan fingerprint density at radius 1 is 1.42 bits per heavy atom. The minimum atomic E-state index is 0.341. The third-order valence-corrected chi connectivity index (χ3v) is 2.96. The lowest BCUT2D eigenvalue weighted by Crippen LogP contribution is -2.01. The number of nitrogen functional groups attached to an aromatic ring is 1. The maximum Gasteiger partial charge on any atom is 0.178 e.